The van der Waals surface area contributed by atoms with Crippen LogP contribution in [0.2, 0.25) is 5.15 Å². The van der Waals surface area contributed by atoms with Gasteiger partial charge in [0.2, 0.25) is 5.82 Å². The van der Waals surface area contributed by atoms with Crippen molar-refractivity contribution in [3.8, 4) is 0 Å². The fourth-order valence-corrected chi connectivity index (χ4v) is 1.69. The van der Waals surface area contributed by atoms with Crippen LogP contribution in [0.25, 0.3) is 0 Å². The summed E-state index contributed by atoms with van der Waals surface area (Å²) in [6.07, 6.45) is 1.42. The first kappa shape index (κ1) is 13.9. The number of anilines is 1. The average Bonchev–Trinajstić information content (AvgIpc) is 2.38. The Labute approximate surface area is 117 Å². The number of nitrogens with one attached hydrogen (secondary N) is 1. The summed E-state index contributed by atoms with van der Waals surface area (Å²) in [6, 6.07) is 6.03. The van der Waals surface area contributed by atoms with Crippen LogP contribution in [0.5, 0.6) is 0 Å². The Kier molecular flexibility index (Phi) is 3.90. The maximum atomic E-state index is 13.4. The number of nitro benzene ring substituents is 1. The van der Waals surface area contributed by atoms with Gasteiger partial charge in [0.15, 0.2) is 0 Å². The van der Waals surface area contributed by atoms with E-state index in [2.05, 4.69) is 10.3 Å². The van der Waals surface area contributed by atoms with Gasteiger partial charge >= 0.3 is 5.69 Å². The Morgan fingerprint density at radius 2 is 2.15 bits per heavy atom. The number of aromatic nitrogens is 1. The molecule has 0 bridgehead atoms. The topological polar surface area (TPSA) is 85.1 Å². The van der Waals surface area contributed by atoms with Gasteiger partial charge in [-0.25, -0.2) is 4.98 Å². The minimum Gasteiger partial charge on any atom is -0.322 e. The second kappa shape index (κ2) is 5.62. The van der Waals surface area contributed by atoms with Crippen molar-refractivity contribution in [2.45, 2.75) is 0 Å². The molecule has 2 rings (SSSR count). The summed E-state index contributed by atoms with van der Waals surface area (Å²) in [7, 11) is 0. The molecule has 0 aliphatic carbocycles. The number of amides is 1. The van der Waals surface area contributed by atoms with E-state index in [0.29, 0.717) is 0 Å². The number of rotatable bonds is 3. The number of pyridine rings is 1. The Bertz CT molecular complexity index is 693. The van der Waals surface area contributed by atoms with E-state index < -0.39 is 22.3 Å². The van der Waals surface area contributed by atoms with Crippen molar-refractivity contribution in [3.05, 3.63) is 63.2 Å². The van der Waals surface area contributed by atoms with Gasteiger partial charge < -0.3 is 5.32 Å². The summed E-state index contributed by atoms with van der Waals surface area (Å²) >= 11 is 5.75. The quantitative estimate of drug-likeness (QED) is 0.536. The highest BCUT2D eigenvalue weighted by atomic mass is 35.5. The number of hydrogen-bond acceptors (Lipinski definition) is 4. The lowest BCUT2D eigenvalue weighted by molar-refractivity contribution is -0.387. The molecule has 0 unspecified atom stereocenters. The van der Waals surface area contributed by atoms with Crippen molar-refractivity contribution in [2.75, 3.05) is 5.32 Å². The lowest BCUT2D eigenvalue weighted by atomic mass is 10.2. The molecule has 2 aromatic rings. The van der Waals surface area contributed by atoms with Crippen LogP contribution in [-0.4, -0.2) is 15.8 Å². The summed E-state index contributed by atoms with van der Waals surface area (Å²) in [5.74, 6) is -1.62. The molecule has 1 heterocycles. The standard InChI is InChI=1S/C12H7ClFN3O3/c13-11-8(2-1-5-15-11)12(18)16-7-3-4-10(17(19)20)9(14)6-7/h1-6H,(H,16,18). The zero-order chi connectivity index (χ0) is 14.7. The minimum absolute atomic E-state index is 0.00684. The van der Waals surface area contributed by atoms with Crippen molar-refractivity contribution in [2.24, 2.45) is 0 Å². The second-order valence-corrected chi connectivity index (χ2v) is 4.08. The van der Waals surface area contributed by atoms with Crippen LogP contribution in [0, 0.1) is 15.9 Å². The first-order valence-corrected chi connectivity index (χ1v) is 5.72. The number of halogens is 2. The predicted molar refractivity (Wildman–Crippen MR) is 70.3 cm³/mol. The highest BCUT2D eigenvalue weighted by Crippen LogP contribution is 2.22. The van der Waals surface area contributed by atoms with E-state index >= 15 is 0 Å². The molecule has 20 heavy (non-hydrogen) atoms. The predicted octanol–water partition coefficient (Wildman–Crippen LogP) is 3.03. The van der Waals surface area contributed by atoms with Crippen molar-refractivity contribution >= 4 is 28.9 Å². The van der Waals surface area contributed by atoms with Gasteiger partial charge in [0.1, 0.15) is 5.15 Å². The van der Waals surface area contributed by atoms with Gasteiger partial charge in [-0.3, -0.25) is 14.9 Å². The molecule has 6 nitrogen and oxygen atoms in total. The zero-order valence-corrected chi connectivity index (χ0v) is 10.6. The number of nitro groups is 1. The van der Waals surface area contributed by atoms with Crippen LogP contribution < -0.4 is 5.32 Å². The van der Waals surface area contributed by atoms with Crippen LogP contribution >= 0.6 is 11.6 Å². The van der Waals surface area contributed by atoms with Crippen LogP contribution in [0.4, 0.5) is 15.8 Å². The number of hydrogen-bond donors (Lipinski definition) is 1. The van der Waals surface area contributed by atoms with E-state index in [1.807, 2.05) is 0 Å². The van der Waals surface area contributed by atoms with Crippen LogP contribution in [0.3, 0.4) is 0 Å². The number of carbonyl (C=O) groups excluding carboxylic acids is 1. The van der Waals surface area contributed by atoms with E-state index in [9.17, 15) is 19.3 Å². The molecule has 102 valence electrons. The van der Waals surface area contributed by atoms with E-state index in [0.717, 1.165) is 12.1 Å². The normalized spacial score (nSPS) is 10.1. The number of carbonyl (C=O) groups is 1. The molecule has 1 amide bonds. The SMILES string of the molecule is O=C(Nc1ccc([N+](=O)[O-])c(F)c1)c1cccnc1Cl. The van der Waals surface area contributed by atoms with Crippen molar-refractivity contribution < 1.29 is 14.1 Å². The van der Waals surface area contributed by atoms with Crippen molar-refractivity contribution in [1.29, 1.82) is 0 Å². The molecule has 0 aliphatic heterocycles. The molecule has 0 fully saturated rings. The van der Waals surface area contributed by atoms with Crippen molar-refractivity contribution in [1.82, 2.24) is 4.98 Å². The minimum atomic E-state index is -1.04. The van der Waals surface area contributed by atoms with Gasteiger partial charge in [0.25, 0.3) is 5.91 Å². The Morgan fingerprint density at radius 3 is 2.75 bits per heavy atom. The molecule has 0 radical (unpaired) electrons. The largest absolute Gasteiger partial charge is 0.322 e. The van der Waals surface area contributed by atoms with Gasteiger partial charge in [0.05, 0.1) is 10.5 Å². The first-order chi connectivity index (χ1) is 9.49. The van der Waals surface area contributed by atoms with E-state index in [-0.39, 0.29) is 16.4 Å². The fraction of sp³-hybridized carbons (Fsp3) is 0. The maximum absolute atomic E-state index is 13.4. The number of benzene rings is 1. The molecule has 0 atom stereocenters. The molecule has 0 spiro atoms. The molecule has 1 aromatic heterocycles. The summed E-state index contributed by atoms with van der Waals surface area (Å²) in [5, 5.41) is 12.9. The molecular formula is C12H7ClFN3O3. The Morgan fingerprint density at radius 1 is 1.40 bits per heavy atom. The Hall–Kier alpha value is -2.54. The highest BCUT2D eigenvalue weighted by Gasteiger charge is 2.16. The van der Waals surface area contributed by atoms with E-state index in [1.165, 1.54) is 24.4 Å². The third-order valence-corrected chi connectivity index (χ3v) is 2.71. The monoisotopic (exact) mass is 295 g/mol. The highest BCUT2D eigenvalue weighted by molar-refractivity contribution is 6.33. The second-order valence-electron chi connectivity index (χ2n) is 3.72. The van der Waals surface area contributed by atoms with E-state index in [4.69, 9.17) is 11.6 Å². The fourth-order valence-electron chi connectivity index (χ4n) is 1.49. The Balaban J connectivity index is 2.23. The average molecular weight is 296 g/mol. The van der Waals surface area contributed by atoms with Gasteiger partial charge in [-0.15, -0.1) is 0 Å². The maximum Gasteiger partial charge on any atom is 0.304 e. The van der Waals surface area contributed by atoms with Crippen LogP contribution in [0.15, 0.2) is 36.5 Å². The van der Waals surface area contributed by atoms with Gasteiger partial charge in [0, 0.05) is 24.0 Å². The third kappa shape index (κ3) is 2.89. The molecule has 1 N–H and O–H groups in total. The lowest BCUT2D eigenvalue weighted by Gasteiger charge is -2.06. The molecule has 8 heteroatoms. The van der Waals surface area contributed by atoms with Gasteiger partial charge in [-0.2, -0.15) is 4.39 Å². The summed E-state index contributed by atoms with van der Waals surface area (Å²) in [5.41, 5.74) is -0.464. The van der Waals surface area contributed by atoms with Gasteiger partial charge in [-0.1, -0.05) is 11.6 Å². The number of nitrogens with zero attached hydrogens (tertiary/aromatic N) is 2. The first-order valence-electron chi connectivity index (χ1n) is 5.35. The smallest absolute Gasteiger partial charge is 0.304 e. The van der Waals surface area contributed by atoms with E-state index in [1.54, 1.807) is 0 Å². The van der Waals surface area contributed by atoms with Crippen molar-refractivity contribution in [3.63, 3.8) is 0 Å². The zero-order valence-electron chi connectivity index (χ0n) is 9.84. The molecule has 0 aliphatic rings. The molecule has 1 aromatic carbocycles. The third-order valence-electron chi connectivity index (χ3n) is 2.41. The lowest BCUT2D eigenvalue weighted by Crippen LogP contribution is -2.13. The van der Waals surface area contributed by atoms with Gasteiger partial charge in [-0.05, 0) is 18.2 Å². The molecular weight excluding hydrogens is 289 g/mol. The van der Waals surface area contributed by atoms with Crippen LogP contribution in [-0.2, 0) is 0 Å². The molecule has 0 saturated heterocycles. The molecule has 0 saturated carbocycles. The summed E-state index contributed by atoms with van der Waals surface area (Å²) in [6.45, 7) is 0. The summed E-state index contributed by atoms with van der Waals surface area (Å²) in [4.78, 5) is 25.2. The summed E-state index contributed by atoms with van der Waals surface area (Å²) < 4.78 is 13.4. The van der Waals surface area contributed by atoms with Crippen LogP contribution in [0.1, 0.15) is 10.4 Å².